The average molecular weight is 266 g/mol. The Kier molecular flexibility index (Phi) is 4.64. The minimum Gasteiger partial charge on any atom is -0.312 e. The van der Waals surface area contributed by atoms with E-state index in [1.165, 1.54) is 9.35 Å². The van der Waals surface area contributed by atoms with Gasteiger partial charge in [0.25, 0.3) is 0 Å². The largest absolute Gasteiger partial charge is 0.312 e. The van der Waals surface area contributed by atoms with E-state index in [9.17, 15) is 0 Å². The van der Waals surface area contributed by atoms with Crippen molar-refractivity contribution in [2.45, 2.75) is 6.04 Å². The molecule has 12 heavy (non-hydrogen) atoms. The van der Waals surface area contributed by atoms with Gasteiger partial charge in [0.1, 0.15) is 0 Å². The molecule has 1 nitrogen and oxygen atoms in total. The topological polar surface area (TPSA) is 12.0 Å². The van der Waals surface area contributed by atoms with Gasteiger partial charge in [0.05, 0.1) is 6.04 Å². The Morgan fingerprint density at radius 3 is 2.92 bits per heavy atom. The van der Waals surface area contributed by atoms with Crippen LogP contribution in [0.3, 0.4) is 0 Å². The van der Waals surface area contributed by atoms with Crippen LogP contribution in [0.4, 0.5) is 0 Å². The molecule has 1 rings (SSSR count). The Hall–Kier alpha value is 0.490. The Morgan fingerprint density at radius 1 is 1.75 bits per heavy atom. The lowest BCUT2D eigenvalue weighted by molar-refractivity contribution is 0.672. The first kappa shape index (κ1) is 10.6. The summed E-state index contributed by atoms with van der Waals surface area (Å²) in [6.45, 7) is 0. The first-order valence-corrected chi connectivity index (χ1v) is 6.75. The lowest BCUT2D eigenvalue weighted by atomic mass is 10.3. The van der Waals surface area contributed by atoms with Gasteiger partial charge in [-0.2, -0.15) is 11.8 Å². The lowest BCUT2D eigenvalue weighted by Crippen LogP contribution is -2.17. The van der Waals surface area contributed by atoms with Crippen LogP contribution in [0.5, 0.6) is 0 Å². The van der Waals surface area contributed by atoms with E-state index in [0.717, 1.165) is 5.75 Å². The fraction of sp³-hybridized carbons (Fsp3) is 0.500. The molecule has 0 aliphatic heterocycles. The summed E-state index contributed by atoms with van der Waals surface area (Å²) in [7, 11) is 2.01. The van der Waals surface area contributed by atoms with Gasteiger partial charge in [-0.3, -0.25) is 0 Å². The Bertz CT molecular complexity index is 237. The zero-order valence-corrected chi connectivity index (χ0v) is 10.4. The molecule has 1 unspecified atom stereocenters. The summed E-state index contributed by atoms with van der Waals surface area (Å²) in [4.78, 5) is 1.40. The maximum Gasteiger partial charge on any atom is 0.0515 e. The fourth-order valence-corrected chi connectivity index (χ4v) is 3.54. The van der Waals surface area contributed by atoms with Gasteiger partial charge in [0, 0.05) is 15.1 Å². The smallest absolute Gasteiger partial charge is 0.0515 e. The van der Waals surface area contributed by atoms with Crippen LogP contribution in [-0.4, -0.2) is 19.1 Å². The van der Waals surface area contributed by atoms with Gasteiger partial charge in [-0.1, -0.05) is 0 Å². The second kappa shape index (κ2) is 5.27. The zero-order valence-electron chi connectivity index (χ0n) is 7.13. The zero-order chi connectivity index (χ0) is 8.97. The molecule has 0 fully saturated rings. The minimum atomic E-state index is 0.481. The predicted octanol–water partition coefficient (Wildman–Crippen LogP) is 3.13. The Balaban J connectivity index is 2.72. The minimum absolute atomic E-state index is 0.481. The van der Waals surface area contributed by atoms with Crippen molar-refractivity contribution in [1.82, 2.24) is 5.32 Å². The van der Waals surface area contributed by atoms with Gasteiger partial charge in [-0.25, -0.2) is 0 Å². The normalized spacial score (nSPS) is 13.2. The number of thiophene rings is 1. The number of halogens is 1. The maximum atomic E-state index is 3.54. The van der Waals surface area contributed by atoms with Crippen molar-refractivity contribution in [1.29, 1.82) is 0 Å². The van der Waals surface area contributed by atoms with E-state index in [0.29, 0.717) is 6.04 Å². The molecular weight excluding hydrogens is 254 g/mol. The summed E-state index contributed by atoms with van der Waals surface area (Å²) in [6.07, 6.45) is 2.13. The van der Waals surface area contributed by atoms with Crippen LogP contribution in [0.25, 0.3) is 0 Å². The van der Waals surface area contributed by atoms with E-state index in [1.54, 1.807) is 11.3 Å². The first-order valence-electron chi connectivity index (χ1n) is 3.68. The molecule has 4 heteroatoms. The molecule has 0 aromatic carbocycles. The van der Waals surface area contributed by atoms with E-state index < -0.39 is 0 Å². The molecule has 0 spiro atoms. The maximum absolute atomic E-state index is 3.54. The number of nitrogens with one attached hydrogen (secondary N) is 1. The summed E-state index contributed by atoms with van der Waals surface area (Å²) in [5.41, 5.74) is 0. The third-order valence-corrected chi connectivity index (χ3v) is 4.29. The van der Waals surface area contributed by atoms with Gasteiger partial charge >= 0.3 is 0 Å². The van der Waals surface area contributed by atoms with Crippen molar-refractivity contribution in [2.24, 2.45) is 0 Å². The highest BCUT2D eigenvalue weighted by Gasteiger charge is 2.12. The Morgan fingerprint density at radius 2 is 2.50 bits per heavy atom. The first-order chi connectivity index (χ1) is 5.79. The number of hydrogen-bond donors (Lipinski definition) is 1. The van der Waals surface area contributed by atoms with Gasteiger partial charge in [-0.05, 0) is 40.7 Å². The van der Waals surface area contributed by atoms with Crippen molar-refractivity contribution in [3.05, 3.63) is 20.8 Å². The van der Waals surface area contributed by atoms with Gasteiger partial charge in [0.15, 0.2) is 0 Å². The van der Waals surface area contributed by atoms with Crippen molar-refractivity contribution < 1.29 is 0 Å². The van der Waals surface area contributed by atoms with Crippen LogP contribution in [-0.2, 0) is 0 Å². The van der Waals surface area contributed by atoms with Gasteiger partial charge in [0.2, 0.25) is 0 Å². The van der Waals surface area contributed by atoms with Crippen LogP contribution in [0.1, 0.15) is 10.9 Å². The monoisotopic (exact) mass is 265 g/mol. The van der Waals surface area contributed by atoms with Crippen LogP contribution >= 0.6 is 39.0 Å². The lowest BCUT2D eigenvalue weighted by Gasteiger charge is -2.13. The van der Waals surface area contributed by atoms with Crippen molar-refractivity contribution >= 4 is 39.0 Å². The molecular formula is C8H12BrNS2. The molecule has 1 aromatic rings. The third-order valence-electron chi connectivity index (χ3n) is 1.64. The molecule has 0 aliphatic carbocycles. The van der Waals surface area contributed by atoms with Crippen molar-refractivity contribution in [3.8, 4) is 0 Å². The summed E-state index contributed by atoms with van der Waals surface area (Å²) in [5.74, 6) is 1.12. The molecule has 0 saturated carbocycles. The van der Waals surface area contributed by atoms with Crippen LogP contribution in [0.15, 0.2) is 15.9 Å². The summed E-state index contributed by atoms with van der Waals surface area (Å²) in [5, 5.41) is 5.42. The summed E-state index contributed by atoms with van der Waals surface area (Å²) >= 11 is 7.20. The molecule has 1 heterocycles. The number of thioether (sulfide) groups is 1. The molecule has 0 aliphatic rings. The van der Waals surface area contributed by atoms with E-state index in [4.69, 9.17) is 0 Å². The van der Waals surface area contributed by atoms with Gasteiger partial charge < -0.3 is 5.32 Å². The Labute approximate surface area is 90.1 Å². The van der Waals surface area contributed by atoms with Crippen LogP contribution < -0.4 is 5.32 Å². The third kappa shape index (κ3) is 2.49. The molecule has 0 bridgehead atoms. The summed E-state index contributed by atoms with van der Waals surface area (Å²) in [6, 6.07) is 2.58. The number of hydrogen-bond acceptors (Lipinski definition) is 3. The van der Waals surface area contributed by atoms with E-state index in [-0.39, 0.29) is 0 Å². The summed E-state index contributed by atoms with van der Waals surface area (Å²) < 4.78 is 1.22. The van der Waals surface area contributed by atoms with Gasteiger partial charge in [-0.15, -0.1) is 11.3 Å². The van der Waals surface area contributed by atoms with Crippen molar-refractivity contribution in [2.75, 3.05) is 19.1 Å². The molecule has 0 amide bonds. The molecule has 1 atom stereocenters. The fourth-order valence-electron chi connectivity index (χ4n) is 1.01. The molecule has 0 saturated heterocycles. The molecule has 1 aromatic heterocycles. The van der Waals surface area contributed by atoms with Crippen molar-refractivity contribution in [3.63, 3.8) is 0 Å². The molecule has 0 radical (unpaired) electrons. The predicted molar refractivity (Wildman–Crippen MR) is 62.2 cm³/mol. The highest BCUT2D eigenvalue weighted by Crippen LogP contribution is 2.30. The molecule has 68 valence electrons. The highest BCUT2D eigenvalue weighted by atomic mass is 79.9. The van der Waals surface area contributed by atoms with E-state index >= 15 is 0 Å². The molecule has 1 N–H and O–H groups in total. The SMILES string of the molecule is CNC(CSC)c1sccc1Br. The average Bonchev–Trinajstić information content (AvgIpc) is 2.47. The highest BCUT2D eigenvalue weighted by molar-refractivity contribution is 9.10. The quantitative estimate of drug-likeness (QED) is 0.898. The standard InChI is InChI=1S/C8H12BrNS2/c1-10-7(5-11-2)8-6(9)3-4-12-8/h3-4,7,10H,5H2,1-2H3. The van der Waals surface area contributed by atoms with Crippen LogP contribution in [0.2, 0.25) is 0 Å². The number of rotatable bonds is 4. The van der Waals surface area contributed by atoms with E-state index in [2.05, 4.69) is 38.9 Å². The van der Waals surface area contributed by atoms with E-state index in [1.807, 2.05) is 18.8 Å². The van der Waals surface area contributed by atoms with Crippen LogP contribution in [0, 0.1) is 0 Å². The second-order valence-corrected chi connectivity index (χ2v) is 5.14. The second-order valence-electron chi connectivity index (χ2n) is 2.43.